The van der Waals surface area contributed by atoms with E-state index >= 15 is 0 Å². The molecule has 1 N–H and O–H groups in total. The van der Waals surface area contributed by atoms with Crippen LogP contribution < -0.4 is 5.32 Å². The lowest BCUT2D eigenvalue weighted by Gasteiger charge is -2.39. The fourth-order valence-electron chi connectivity index (χ4n) is 5.11. The summed E-state index contributed by atoms with van der Waals surface area (Å²) in [5.41, 5.74) is 0.183. The lowest BCUT2D eigenvalue weighted by Crippen LogP contribution is -2.56. The summed E-state index contributed by atoms with van der Waals surface area (Å²) in [6.45, 7) is 5.71. The minimum absolute atomic E-state index is 0.00577. The molecule has 8 nitrogen and oxygen atoms in total. The number of benzene rings is 2. The average Bonchev–Trinajstić information content (AvgIpc) is 3.63. The number of aromatic nitrogens is 3. The zero-order valence-electron chi connectivity index (χ0n) is 24.3. The van der Waals surface area contributed by atoms with E-state index in [0.29, 0.717) is 34.9 Å². The molecule has 15 heteroatoms. The third-order valence-corrected chi connectivity index (χ3v) is 8.29. The van der Waals surface area contributed by atoms with E-state index in [1.54, 1.807) is 16.5 Å². The number of hydrogen-bond acceptors (Lipinski definition) is 5. The highest BCUT2D eigenvalue weighted by molar-refractivity contribution is 7.12. The molecule has 5 rings (SSSR count). The first-order valence-electron chi connectivity index (χ1n) is 13.9. The molecular formula is C30H28F6N6O2S. The Balaban J connectivity index is 1.29. The minimum Gasteiger partial charge on any atom is -0.335 e. The predicted octanol–water partition coefficient (Wildman–Crippen LogP) is 7.28. The number of nitrogens with zero attached hydrogens (tertiary/aromatic N) is 5. The van der Waals surface area contributed by atoms with Crippen molar-refractivity contribution in [2.45, 2.75) is 45.6 Å². The number of urea groups is 1. The van der Waals surface area contributed by atoms with Crippen LogP contribution in [-0.4, -0.2) is 62.2 Å². The number of nitrogens with one attached hydrogen (secondary N) is 1. The molecule has 1 aliphatic heterocycles. The number of hydrogen-bond donors (Lipinski definition) is 1. The van der Waals surface area contributed by atoms with Gasteiger partial charge in [-0.3, -0.25) is 4.79 Å². The minimum atomic E-state index is -5.05. The lowest BCUT2D eigenvalue weighted by atomic mass is 10.1. The molecule has 0 radical (unpaired) electrons. The monoisotopic (exact) mass is 650 g/mol. The summed E-state index contributed by atoms with van der Waals surface area (Å²) in [6, 6.07) is 7.38. The molecule has 1 atom stereocenters. The number of carbonyl (C=O) groups excluding carboxylic acids is 2. The molecule has 1 fully saturated rings. The first-order chi connectivity index (χ1) is 21.2. The zero-order chi connectivity index (χ0) is 32.7. The number of anilines is 1. The van der Waals surface area contributed by atoms with Crippen LogP contribution in [-0.2, 0) is 18.8 Å². The Labute approximate surface area is 258 Å². The zero-order valence-corrected chi connectivity index (χ0v) is 25.1. The van der Waals surface area contributed by atoms with E-state index in [1.807, 2.05) is 43.5 Å². The smallest absolute Gasteiger partial charge is 0.335 e. The number of carbonyl (C=O) groups is 2. The molecule has 4 aromatic rings. The van der Waals surface area contributed by atoms with Crippen molar-refractivity contribution in [2.75, 3.05) is 25.0 Å². The van der Waals surface area contributed by atoms with Crippen LogP contribution in [0.4, 0.5) is 36.8 Å². The fourth-order valence-corrected chi connectivity index (χ4v) is 5.93. The molecule has 2 aromatic carbocycles. The summed E-state index contributed by atoms with van der Waals surface area (Å²) in [5.74, 6) is -0.312. The molecule has 0 saturated carbocycles. The quantitative estimate of drug-likeness (QED) is 0.230. The van der Waals surface area contributed by atoms with Crippen LogP contribution in [0.2, 0.25) is 0 Å². The van der Waals surface area contributed by atoms with E-state index in [1.165, 1.54) is 22.4 Å². The average molecular weight is 651 g/mol. The molecule has 0 bridgehead atoms. The summed E-state index contributed by atoms with van der Waals surface area (Å²) >= 11 is 1.39. The highest BCUT2D eigenvalue weighted by Gasteiger charge is 2.38. The number of halogens is 6. The third kappa shape index (κ3) is 6.82. The van der Waals surface area contributed by atoms with Crippen LogP contribution in [0.15, 0.2) is 54.0 Å². The second-order valence-electron chi connectivity index (χ2n) is 10.7. The summed E-state index contributed by atoms with van der Waals surface area (Å²) < 4.78 is 81.1. The van der Waals surface area contributed by atoms with Gasteiger partial charge in [-0.1, -0.05) is 36.8 Å². The van der Waals surface area contributed by atoms with Crippen LogP contribution in [0, 0.1) is 6.92 Å². The molecule has 45 heavy (non-hydrogen) atoms. The first kappa shape index (κ1) is 32.0. The SMILES string of the molecule is CCc1c(C(=O)N2CCN(C(=O)Nc3cc(C(F)(F)F)cc(C(F)(F)F)c3)C(C)C2)cnn1-c1nc(-c2ccc(C)cc2)cs1. The van der Waals surface area contributed by atoms with E-state index in [2.05, 4.69) is 10.4 Å². The van der Waals surface area contributed by atoms with Gasteiger partial charge in [-0.05, 0) is 38.5 Å². The maximum absolute atomic E-state index is 13.6. The van der Waals surface area contributed by atoms with E-state index in [0.717, 1.165) is 16.8 Å². The highest BCUT2D eigenvalue weighted by Crippen LogP contribution is 2.37. The molecule has 1 unspecified atom stereocenters. The van der Waals surface area contributed by atoms with Crippen molar-refractivity contribution >= 4 is 29.0 Å². The number of aryl methyl sites for hydroxylation is 1. The maximum atomic E-state index is 13.6. The molecular weight excluding hydrogens is 622 g/mol. The molecule has 238 valence electrons. The number of rotatable bonds is 5. The van der Waals surface area contributed by atoms with Gasteiger partial charge in [0.15, 0.2) is 0 Å². The van der Waals surface area contributed by atoms with E-state index < -0.39 is 41.2 Å². The standard InChI is InChI=1S/C30H28F6N6O2S/c1-4-25-23(14-37-42(25)28-39-24(16-45-28)19-7-5-17(2)6-8-19)26(43)40-9-10-41(18(3)15-40)27(44)38-22-12-20(29(31,32)33)11-21(13-22)30(34,35)36/h5-8,11-14,16,18H,4,9-10,15H2,1-3H3,(H,38,44). The van der Waals surface area contributed by atoms with Crippen LogP contribution >= 0.6 is 11.3 Å². The number of alkyl halides is 6. The number of piperazine rings is 1. The van der Waals surface area contributed by atoms with Gasteiger partial charge in [-0.15, -0.1) is 11.3 Å². The van der Waals surface area contributed by atoms with Crippen molar-refractivity contribution in [3.8, 4) is 16.4 Å². The van der Waals surface area contributed by atoms with Gasteiger partial charge in [0, 0.05) is 42.3 Å². The second-order valence-corrected chi connectivity index (χ2v) is 11.5. The molecule has 3 heterocycles. The molecule has 1 saturated heterocycles. The molecule has 1 aliphatic rings. The van der Waals surface area contributed by atoms with Crippen molar-refractivity contribution < 1.29 is 35.9 Å². The Hall–Kier alpha value is -4.40. The van der Waals surface area contributed by atoms with E-state index in [4.69, 9.17) is 4.98 Å². The van der Waals surface area contributed by atoms with Crippen molar-refractivity contribution in [2.24, 2.45) is 0 Å². The van der Waals surface area contributed by atoms with E-state index in [9.17, 15) is 35.9 Å². The topological polar surface area (TPSA) is 83.4 Å². The predicted molar refractivity (Wildman–Crippen MR) is 156 cm³/mol. The van der Waals surface area contributed by atoms with Gasteiger partial charge in [0.1, 0.15) is 0 Å². The Morgan fingerprint density at radius 2 is 1.64 bits per heavy atom. The van der Waals surface area contributed by atoms with Crippen molar-refractivity contribution in [1.29, 1.82) is 0 Å². The molecule has 2 aromatic heterocycles. The largest absolute Gasteiger partial charge is 0.416 e. The first-order valence-corrected chi connectivity index (χ1v) is 14.8. The molecule has 0 aliphatic carbocycles. The number of amides is 3. The molecule has 3 amide bonds. The molecule has 0 spiro atoms. The van der Waals surface area contributed by atoms with Crippen LogP contribution in [0.3, 0.4) is 0 Å². The van der Waals surface area contributed by atoms with Crippen molar-refractivity contribution in [1.82, 2.24) is 24.6 Å². The van der Waals surface area contributed by atoms with E-state index in [-0.39, 0.29) is 31.6 Å². The second kappa shape index (κ2) is 12.2. The van der Waals surface area contributed by atoms with Crippen molar-refractivity contribution in [3.05, 3.63) is 82.0 Å². The van der Waals surface area contributed by atoms with Crippen LogP contribution in [0.25, 0.3) is 16.4 Å². The Morgan fingerprint density at radius 3 is 2.22 bits per heavy atom. The fraction of sp³-hybridized carbons (Fsp3) is 0.333. The Bertz CT molecular complexity index is 1680. The van der Waals surface area contributed by atoms with Gasteiger partial charge in [0.25, 0.3) is 5.91 Å². The van der Waals surface area contributed by atoms with Gasteiger partial charge in [0.2, 0.25) is 5.13 Å². The summed E-state index contributed by atoms with van der Waals surface area (Å²) in [4.78, 5) is 34.1. The summed E-state index contributed by atoms with van der Waals surface area (Å²) in [5, 5.41) is 9.11. The van der Waals surface area contributed by atoms with Gasteiger partial charge in [-0.25, -0.2) is 14.5 Å². The highest BCUT2D eigenvalue weighted by atomic mass is 32.1. The van der Waals surface area contributed by atoms with Gasteiger partial charge in [0.05, 0.1) is 34.3 Å². The summed E-state index contributed by atoms with van der Waals surface area (Å²) in [7, 11) is 0. The summed E-state index contributed by atoms with van der Waals surface area (Å²) in [6.07, 6.45) is -8.14. The third-order valence-electron chi connectivity index (χ3n) is 7.47. The maximum Gasteiger partial charge on any atom is 0.416 e. The Kier molecular flexibility index (Phi) is 8.66. The lowest BCUT2D eigenvalue weighted by molar-refractivity contribution is -0.143. The van der Waals surface area contributed by atoms with Crippen molar-refractivity contribution in [3.63, 3.8) is 0 Å². The van der Waals surface area contributed by atoms with Crippen LogP contribution in [0.1, 0.15) is 46.6 Å². The van der Waals surface area contributed by atoms with Gasteiger partial charge < -0.3 is 15.1 Å². The van der Waals surface area contributed by atoms with Gasteiger partial charge in [-0.2, -0.15) is 31.4 Å². The Morgan fingerprint density at radius 1 is 1.00 bits per heavy atom. The van der Waals surface area contributed by atoms with Crippen LogP contribution in [0.5, 0.6) is 0 Å². The van der Waals surface area contributed by atoms with Gasteiger partial charge >= 0.3 is 18.4 Å². The number of thiazole rings is 1. The normalized spacial score (nSPS) is 15.8.